The third-order valence-electron chi connectivity index (χ3n) is 10.5. The van der Waals surface area contributed by atoms with Gasteiger partial charge >= 0.3 is 12.0 Å². The Balaban J connectivity index is 1.30. The number of amides is 7. The average molecular weight is 745 g/mol. The molecule has 7 amide bonds. The molecule has 5 heterocycles. The summed E-state index contributed by atoms with van der Waals surface area (Å²) in [7, 11) is 0. The number of anilines is 1. The summed E-state index contributed by atoms with van der Waals surface area (Å²) in [6.45, 7) is 3.66. The van der Waals surface area contributed by atoms with E-state index in [4.69, 9.17) is 4.74 Å². The van der Waals surface area contributed by atoms with Crippen molar-refractivity contribution in [2.45, 2.75) is 95.0 Å². The van der Waals surface area contributed by atoms with Crippen molar-refractivity contribution in [3.05, 3.63) is 60.4 Å². The molecule has 0 saturated carbocycles. The minimum atomic E-state index is -1.44. The Bertz CT molecular complexity index is 1730. The van der Waals surface area contributed by atoms with Gasteiger partial charge in [0, 0.05) is 32.3 Å². The number of esters is 1. The zero-order valence-electron chi connectivity index (χ0n) is 30.6. The van der Waals surface area contributed by atoms with Crippen LogP contribution in [0.5, 0.6) is 0 Å². The molecule has 2 aromatic rings. The number of piperidine rings is 1. The van der Waals surface area contributed by atoms with E-state index in [2.05, 4.69) is 26.3 Å². The van der Waals surface area contributed by atoms with E-state index < -0.39 is 84.4 Å². The molecule has 4 aliphatic rings. The first-order valence-corrected chi connectivity index (χ1v) is 18.7. The van der Waals surface area contributed by atoms with Gasteiger partial charge in [-0.25, -0.2) is 9.59 Å². The van der Waals surface area contributed by atoms with Gasteiger partial charge in [-0.05, 0) is 69.1 Å². The van der Waals surface area contributed by atoms with E-state index in [9.17, 15) is 33.6 Å². The number of urea groups is 1. The third kappa shape index (κ3) is 8.80. The fraction of sp³-hybridized carbons (Fsp3) is 0.526. The highest BCUT2D eigenvalue weighted by Crippen LogP contribution is 2.28. The van der Waals surface area contributed by atoms with Gasteiger partial charge < -0.3 is 40.7 Å². The van der Waals surface area contributed by atoms with Crippen LogP contribution in [-0.2, 0) is 39.9 Å². The van der Waals surface area contributed by atoms with Crippen molar-refractivity contribution in [2.75, 3.05) is 31.6 Å². The first kappa shape index (κ1) is 38.2. The van der Waals surface area contributed by atoms with Crippen molar-refractivity contribution >= 4 is 47.2 Å². The Morgan fingerprint density at radius 3 is 2.37 bits per heavy atom. The predicted octanol–water partition coefficient (Wildman–Crippen LogP) is 0.970. The molecule has 4 saturated heterocycles. The predicted molar refractivity (Wildman–Crippen MR) is 194 cm³/mol. The van der Waals surface area contributed by atoms with E-state index in [1.807, 2.05) is 13.0 Å². The number of aromatic nitrogens is 1. The molecular weight excluding hydrogens is 696 g/mol. The quantitative estimate of drug-likeness (QED) is 0.312. The van der Waals surface area contributed by atoms with Crippen LogP contribution in [0, 0.1) is 5.92 Å². The van der Waals surface area contributed by atoms with E-state index in [0.717, 1.165) is 5.56 Å². The molecule has 6 rings (SSSR count). The minimum Gasteiger partial charge on any atom is -0.461 e. The Morgan fingerprint density at radius 2 is 1.61 bits per heavy atom. The number of hydrogen-bond donors (Lipinski definition) is 4. The van der Waals surface area contributed by atoms with Crippen LogP contribution >= 0.6 is 0 Å². The molecule has 0 unspecified atom stereocenters. The summed E-state index contributed by atoms with van der Waals surface area (Å²) in [5.74, 6) is -3.49. The molecule has 7 atom stereocenters. The molecule has 4 N–H and O–H groups in total. The molecule has 0 aliphatic carbocycles. The summed E-state index contributed by atoms with van der Waals surface area (Å²) in [6, 6.07) is 5.30. The molecule has 4 fully saturated rings. The van der Waals surface area contributed by atoms with Crippen molar-refractivity contribution in [2.24, 2.45) is 5.92 Å². The smallest absolute Gasteiger partial charge is 0.328 e. The number of cyclic esters (lactones) is 1. The second kappa shape index (κ2) is 17.1. The summed E-state index contributed by atoms with van der Waals surface area (Å²) in [4.78, 5) is 105. The number of benzene rings is 1. The number of ether oxygens (including phenoxy) is 1. The van der Waals surface area contributed by atoms with Crippen LogP contribution < -0.4 is 21.3 Å². The highest BCUT2D eigenvalue weighted by atomic mass is 16.5. The first-order valence-electron chi connectivity index (χ1n) is 18.7. The molecule has 16 heteroatoms. The van der Waals surface area contributed by atoms with Gasteiger partial charge in [-0.3, -0.25) is 29.0 Å². The maximum Gasteiger partial charge on any atom is 0.328 e. The highest BCUT2D eigenvalue weighted by molar-refractivity contribution is 5.98. The SMILES string of the molecule is C[C@H]1C[C@H]2C(=O)OC[C@H](NC(=O)[C@H](Cc3ccccc3)NC(=O)Nc3cccnc3)C(=O)N3CCC[C@H]3C(=O)N3CCCC[C@H]3C(=O)N[C@@H](C)C(=O)N2C1. The van der Waals surface area contributed by atoms with Crippen LogP contribution in [0.1, 0.15) is 57.9 Å². The monoisotopic (exact) mass is 744 g/mol. The summed E-state index contributed by atoms with van der Waals surface area (Å²) in [6.07, 6.45) is 6.00. The van der Waals surface area contributed by atoms with Crippen molar-refractivity contribution in [3.8, 4) is 0 Å². The third-order valence-corrected chi connectivity index (χ3v) is 10.5. The Kier molecular flexibility index (Phi) is 12.1. The van der Waals surface area contributed by atoms with Crippen molar-refractivity contribution in [3.63, 3.8) is 0 Å². The molecule has 0 spiro atoms. The standard InChI is InChI=1S/C38H48N8O8/c1-23-18-31-37(52)54-22-28(42-32(47)27(19-25-10-4-3-5-11-25)43-38(53)41-26-12-8-15-39-20-26)35(50)45-17-9-14-30(45)36(51)44-16-7-6-13-29(44)33(48)40-24(2)34(49)46(31)21-23/h3-5,8,10-12,15,20,23-24,27-31H,6-7,9,13-14,16-19,21-22H2,1-2H3,(H,40,48)(H,42,47)(H2,41,43,53)/t23-,24-,27-,28-,29-,30-,31-/m0/s1. The van der Waals surface area contributed by atoms with Crippen LogP contribution in [0.15, 0.2) is 54.9 Å². The molecule has 4 aliphatic heterocycles. The second-order valence-corrected chi connectivity index (χ2v) is 14.6. The fourth-order valence-electron chi connectivity index (χ4n) is 7.81. The molecule has 288 valence electrons. The lowest BCUT2D eigenvalue weighted by molar-refractivity contribution is -0.158. The molecule has 54 heavy (non-hydrogen) atoms. The van der Waals surface area contributed by atoms with E-state index in [1.165, 1.54) is 20.9 Å². The van der Waals surface area contributed by atoms with Gasteiger partial charge in [-0.2, -0.15) is 0 Å². The lowest BCUT2D eigenvalue weighted by Gasteiger charge is -2.39. The summed E-state index contributed by atoms with van der Waals surface area (Å²) >= 11 is 0. The largest absolute Gasteiger partial charge is 0.461 e. The van der Waals surface area contributed by atoms with E-state index in [1.54, 1.807) is 49.5 Å². The Morgan fingerprint density at radius 1 is 0.870 bits per heavy atom. The van der Waals surface area contributed by atoms with Crippen LogP contribution in [0.2, 0.25) is 0 Å². The number of carbonyl (C=O) groups excluding carboxylic acids is 7. The van der Waals surface area contributed by atoms with Crippen molar-refractivity contribution in [1.82, 2.24) is 35.6 Å². The Labute approximate surface area is 313 Å². The molecule has 0 bridgehead atoms. The van der Waals surface area contributed by atoms with Crippen molar-refractivity contribution in [1.29, 1.82) is 0 Å². The molecule has 1 aromatic heterocycles. The fourth-order valence-corrected chi connectivity index (χ4v) is 7.81. The summed E-state index contributed by atoms with van der Waals surface area (Å²) in [5, 5.41) is 10.9. The number of fused-ring (bicyclic) bond motifs is 3. The van der Waals surface area contributed by atoms with Gasteiger partial charge in [0.2, 0.25) is 29.5 Å². The number of rotatable bonds is 6. The van der Waals surface area contributed by atoms with E-state index >= 15 is 0 Å². The van der Waals surface area contributed by atoms with Gasteiger partial charge in [0.1, 0.15) is 42.9 Å². The average Bonchev–Trinajstić information content (AvgIpc) is 3.83. The maximum atomic E-state index is 14.4. The number of pyridine rings is 1. The number of nitrogens with zero attached hydrogens (tertiary/aromatic N) is 4. The van der Waals surface area contributed by atoms with Crippen LogP contribution in [-0.4, -0.2) is 124 Å². The zero-order valence-corrected chi connectivity index (χ0v) is 30.6. The molecule has 16 nitrogen and oxygen atoms in total. The van der Waals surface area contributed by atoms with E-state index in [-0.39, 0.29) is 25.4 Å². The molecule has 0 radical (unpaired) electrons. The molecular formula is C38H48N8O8. The van der Waals surface area contributed by atoms with Crippen LogP contribution in [0.3, 0.4) is 0 Å². The van der Waals surface area contributed by atoms with Gasteiger partial charge in [-0.1, -0.05) is 37.3 Å². The lowest BCUT2D eigenvalue weighted by Crippen LogP contribution is -2.62. The Hall–Kier alpha value is -5.54. The zero-order chi connectivity index (χ0) is 38.4. The number of hydrogen-bond acceptors (Lipinski definition) is 9. The van der Waals surface area contributed by atoms with Gasteiger partial charge in [-0.15, -0.1) is 0 Å². The van der Waals surface area contributed by atoms with Gasteiger partial charge in [0.25, 0.3) is 0 Å². The van der Waals surface area contributed by atoms with Gasteiger partial charge in [0.05, 0.1) is 11.9 Å². The second-order valence-electron chi connectivity index (χ2n) is 14.6. The highest BCUT2D eigenvalue weighted by Gasteiger charge is 2.46. The molecule has 1 aromatic carbocycles. The summed E-state index contributed by atoms with van der Waals surface area (Å²) < 4.78 is 5.73. The number of carbonyl (C=O) groups is 7. The van der Waals surface area contributed by atoms with Crippen molar-refractivity contribution < 1.29 is 38.3 Å². The first-order chi connectivity index (χ1) is 26.0. The van der Waals surface area contributed by atoms with Crippen LogP contribution in [0.25, 0.3) is 0 Å². The van der Waals surface area contributed by atoms with E-state index in [0.29, 0.717) is 50.8 Å². The van der Waals surface area contributed by atoms with Crippen LogP contribution in [0.4, 0.5) is 10.5 Å². The normalized spacial score (nSPS) is 27.2. The summed E-state index contributed by atoms with van der Waals surface area (Å²) in [5.41, 5.74) is 1.13. The maximum absolute atomic E-state index is 14.4. The lowest BCUT2D eigenvalue weighted by atomic mass is 9.99. The van der Waals surface area contributed by atoms with Gasteiger partial charge in [0.15, 0.2) is 0 Å². The minimum absolute atomic E-state index is 0.0481. The topological polar surface area (TPSA) is 199 Å². The number of nitrogens with one attached hydrogen (secondary N) is 4.